The Kier molecular flexibility index (Phi) is 4.86. The molecular formula is C17H13ClFN3O2. The first-order valence-corrected chi connectivity index (χ1v) is 7.62. The highest BCUT2D eigenvalue weighted by Gasteiger charge is 2.15. The quantitative estimate of drug-likeness (QED) is 0.761. The van der Waals surface area contributed by atoms with Gasteiger partial charge >= 0.3 is 11.8 Å². The zero-order valence-electron chi connectivity index (χ0n) is 12.5. The molecule has 0 fully saturated rings. The fraction of sp³-hybridized carbons (Fsp3) is 0.118. The van der Waals surface area contributed by atoms with E-state index in [0.717, 1.165) is 18.1 Å². The lowest BCUT2D eigenvalue weighted by atomic mass is 10.1. The Morgan fingerprint density at radius 2 is 1.92 bits per heavy atom. The summed E-state index contributed by atoms with van der Waals surface area (Å²) >= 11 is 5.67. The molecule has 0 aliphatic rings. The summed E-state index contributed by atoms with van der Waals surface area (Å²) in [5.74, 6) is -0.911. The van der Waals surface area contributed by atoms with Gasteiger partial charge in [0.15, 0.2) is 0 Å². The van der Waals surface area contributed by atoms with Crippen molar-refractivity contribution in [1.29, 1.82) is 0 Å². The van der Waals surface area contributed by atoms with Crippen LogP contribution < -0.4 is 5.32 Å². The number of hydrogen-bond acceptors (Lipinski definition) is 4. The number of nitrogens with one attached hydrogen (secondary N) is 1. The third kappa shape index (κ3) is 3.97. The first-order valence-electron chi connectivity index (χ1n) is 7.24. The summed E-state index contributed by atoms with van der Waals surface area (Å²) in [4.78, 5) is 12.1. The summed E-state index contributed by atoms with van der Waals surface area (Å²) in [6.07, 6.45) is 1.27. The molecule has 0 unspecified atom stereocenters. The maximum Gasteiger partial charge on any atom is 0.313 e. The lowest BCUT2D eigenvalue weighted by molar-refractivity contribution is 0.0988. The molecule has 0 bridgehead atoms. The summed E-state index contributed by atoms with van der Waals surface area (Å²) in [5.41, 5.74) is 1.48. The highest BCUT2D eigenvalue weighted by molar-refractivity contribution is 6.31. The minimum atomic E-state index is -0.573. The van der Waals surface area contributed by atoms with Gasteiger partial charge < -0.3 is 9.73 Å². The van der Waals surface area contributed by atoms with E-state index in [-0.39, 0.29) is 10.9 Å². The molecule has 122 valence electrons. The Bertz CT molecular complexity index is 852. The van der Waals surface area contributed by atoms with Gasteiger partial charge in [-0.05, 0) is 30.2 Å². The molecule has 0 aliphatic carbocycles. The van der Waals surface area contributed by atoms with Crippen LogP contribution in [0, 0.1) is 5.82 Å². The van der Waals surface area contributed by atoms with Gasteiger partial charge in [0, 0.05) is 12.1 Å². The number of carbonyl (C=O) groups excluding carboxylic acids is 1. The smallest absolute Gasteiger partial charge is 0.313 e. The number of aryl methyl sites for hydroxylation is 2. The molecule has 1 amide bonds. The van der Waals surface area contributed by atoms with Crippen LogP contribution in [0.1, 0.15) is 22.1 Å². The monoisotopic (exact) mass is 345 g/mol. The molecule has 0 saturated heterocycles. The Hall–Kier alpha value is -2.73. The van der Waals surface area contributed by atoms with Crippen LogP contribution in [0.5, 0.6) is 0 Å². The van der Waals surface area contributed by atoms with E-state index in [1.807, 2.05) is 30.3 Å². The molecule has 3 rings (SSSR count). The minimum absolute atomic E-state index is 0.0816. The van der Waals surface area contributed by atoms with E-state index in [0.29, 0.717) is 18.0 Å². The second kappa shape index (κ2) is 7.23. The third-order valence-electron chi connectivity index (χ3n) is 3.31. The van der Waals surface area contributed by atoms with Gasteiger partial charge in [0.05, 0.1) is 5.02 Å². The van der Waals surface area contributed by atoms with Crippen LogP contribution in [0.4, 0.5) is 10.1 Å². The largest absolute Gasteiger partial charge is 0.417 e. The molecule has 0 atom stereocenters. The number of halogens is 2. The lowest BCUT2D eigenvalue weighted by Gasteiger charge is -2.03. The minimum Gasteiger partial charge on any atom is -0.417 e. The summed E-state index contributed by atoms with van der Waals surface area (Å²) < 4.78 is 18.5. The molecule has 5 nitrogen and oxygen atoms in total. The highest BCUT2D eigenvalue weighted by Crippen LogP contribution is 2.19. The summed E-state index contributed by atoms with van der Waals surface area (Å²) in [5, 5.41) is 10.0. The molecule has 1 N–H and O–H groups in total. The number of rotatable bonds is 5. The van der Waals surface area contributed by atoms with E-state index in [4.69, 9.17) is 16.0 Å². The fourth-order valence-corrected chi connectivity index (χ4v) is 2.28. The van der Waals surface area contributed by atoms with Crippen molar-refractivity contribution in [2.24, 2.45) is 0 Å². The van der Waals surface area contributed by atoms with E-state index in [9.17, 15) is 9.18 Å². The van der Waals surface area contributed by atoms with Gasteiger partial charge in [0.25, 0.3) is 0 Å². The van der Waals surface area contributed by atoms with Crippen LogP contribution in [-0.4, -0.2) is 16.1 Å². The second-order valence-corrected chi connectivity index (χ2v) is 5.48. The number of aromatic nitrogens is 2. The number of carbonyl (C=O) groups is 1. The van der Waals surface area contributed by atoms with Gasteiger partial charge in [-0.25, -0.2) is 4.39 Å². The van der Waals surface area contributed by atoms with Crippen molar-refractivity contribution in [3.05, 3.63) is 76.7 Å². The molecule has 0 saturated carbocycles. The number of benzene rings is 2. The van der Waals surface area contributed by atoms with E-state index in [1.54, 1.807) is 0 Å². The number of hydrogen-bond donors (Lipinski definition) is 1. The molecule has 24 heavy (non-hydrogen) atoms. The van der Waals surface area contributed by atoms with Crippen LogP contribution in [0.3, 0.4) is 0 Å². The van der Waals surface area contributed by atoms with Crippen molar-refractivity contribution in [1.82, 2.24) is 10.2 Å². The average molecular weight is 346 g/mol. The zero-order chi connectivity index (χ0) is 16.9. The number of anilines is 1. The van der Waals surface area contributed by atoms with Crippen molar-refractivity contribution in [2.75, 3.05) is 5.32 Å². The molecule has 0 radical (unpaired) electrons. The van der Waals surface area contributed by atoms with Crippen molar-refractivity contribution in [3.63, 3.8) is 0 Å². The fourth-order valence-electron chi connectivity index (χ4n) is 2.10. The van der Waals surface area contributed by atoms with E-state index in [1.165, 1.54) is 12.1 Å². The highest BCUT2D eigenvalue weighted by atomic mass is 35.5. The van der Waals surface area contributed by atoms with Gasteiger partial charge in [0.1, 0.15) is 5.82 Å². The summed E-state index contributed by atoms with van der Waals surface area (Å²) in [6.45, 7) is 0. The maximum absolute atomic E-state index is 13.1. The molecule has 3 aromatic rings. The van der Waals surface area contributed by atoms with Gasteiger partial charge in [0.2, 0.25) is 5.89 Å². The van der Waals surface area contributed by atoms with Crippen molar-refractivity contribution in [3.8, 4) is 0 Å². The molecule has 0 aliphatic heterocycles. The Morgan fingerprint density at radius 3 is 2.67 bits per heavy atom. The standard InChI is InChI=1S/C17H13ClFN3O2/c18-13-10-12(7-8-14(13)19)20-16(23)17-22-21-15(24-17)9-6-11-4-2-1-3-5-11/h1-5,7-8,10H,6,9H2,(H,20,23). The zero-order valence-corrected chi connectivity index (χ0v) is 13.3. The predicted octanol–water partition coefficient (Wildman–Crippen LogP) is 3.90. The van der Waals surface area contributed by atoms with Crippen LogP contribution in [-0.2, 0) is 12.8 Å². The normalized spacial score (nSPS) is 10.6. The van der Waals surface area contributed by atoms with Crippen molar-refractivity contribution in [2.45, 2.75) is 12.8 Å². The van der Waals surface area contributed by atoms with Crippen LogP contribution in [0.2, 0.25) is 5.02 Å². The number of nitrogens with zero attached hydrogens (tertiary/aromatic N) is 2. The Morgan fingerprint density at radius 1 is 1.12 bits per heavy atom. The molecule has 2 aromatic carbocycles. The van der Waals surface area contributed by atoms with Gasteiger partial charge in [-0.2, -0.15) is 0 Å². The van der Waals surface area contributed by atoms with Crippen molar-refractivity contribution >= 4 is 23.2 Å². The van der Waals surface area contributed by atoms with Gasteiger partial charge in [-0.1, -0.05) is 41.9 Å². The third-order valence-corrected chi connectivity index (χ3v) is 3.60. The molecule has 1 aromatic heterocycles. The van der Waals surface area contributed by atoms with Crippen LogP contribution in [0.15, 0.2) is 52.9 Å². The predicted molar refractivity (Wildman–Crippen MR) is 87.5 cm³/mol. The molecule has 1 heterocycles. The maximum atomic E-state index is 13.1. The first-order chi connectivity index (χ1) is 11.6. The molecular weight excluding hydrogens is 333 g/mol. The SMILES string of the molecule is O=C(Nc1ccc(F)c(Cl)c1)c1nnc(CCc2ccccc2)o1. The molecule has 0 spiro atoms. The van der Waals surface area contributed by atoms with Crippen molar-refractivity contribution < 1.29 is 13.6 Å². The topological polar surface area (TPSA) is 68.0 Å². The number of amides is 1. The second-order valence-electron chi connectivity index (χ2n) is 5.07. The Balaban J connectivity index is 1.62. The van der Waals surface area contributed by atoms with Crippen LogP contribution in [0.25, 0.3) is 0 Å². The van der Waals surface area contributed by atoms with Gasteiger partial charge in [-0.15, -0.1) is 10.2 Å². The van der Waals surface area contributed by atoms with E-state index in [2.05, 4.69) is 15.5 Å². The van der Waals surface area contributed by atoms with Gasteiger partial charge in [-0.3, -0.25) is 4.79 Å². The molecule has 7 heteroatoms. The van der Waals surface area contributed by atoms with E-state index < -0.39 is 11.7 Å². The van der Waals surface area contributed by atoms with Crippen LogP contribution >= 0.6 is 11.6 Å². The average Bonchev–Trinajstić information content (AvgIpc) is 3.06. The summed E-state index contributed by atoms with van der Waals surface area (Å²) in [7, 11) is 0. The Labute approximate surface area is 142 Å². The lowest BCUT2D eigenvalue weighted by Crippen LogP contribution is -2.12. The summed E-state index contributed by atoms with van der Waals surface area (Å²) in [6, 6.07) is 13.7. The first kappa shape index (κ1) is 16.1. The van der Waals surface area contributed by atoms with E-state index >= 15 is 0 Å².